The molecule has 3 aromatic carbocycles. The van der Waals surface area contributed by atoms with Gasteiger partial charge in [-0.3, -0.25) is 19.9 Å². The van der Waals surface area contributed by atoms with Gasteiger partial charge in [-0.05, 0) is 41.7 Å². The second kappa shape index (κ2) is 14.4. The molecule has 0 bridgehead atoms. The van der Waals surface area contributed by atoms with Gasteiger partial charge in [0.05, 0.1) is 13.3 Å². The Morgan fingerprint density at radius 1 is 0.925 bits per heavy atom. The molecule has 1 saturated heterocycles. The summed E-state index contributed by atoms with van der Waals surface area (Å²) < 4.78 is 5.70. The molecule has 9 heteroatoms. The van der Waals surface area contributed by atoms with Crippen molar-refractivity contribution in [2.45, 2.75) is 38.8 Å². The second-order valence-corrected chi connectivity index (χ2v) is 10.1. The van der Waals surface area contributed by atoms with E-state index in [1.807, 2.05) is 79.7 Å². The van der Waals surface area contributed by atoms with E-state index in [1.54, 1.807) is 7.05 Å². The SMILES string of the molecule is CCNC(=O)N(Cc1ccccc1)NC(=O)[C@H](Cc1ccc2ccccc2c1)N(C)C(=O)COCN1CCCC1. The van der Waals surface area contributed by atoms with Crippen LogP contribution in [0.15, 0.2) is 72.8 Å². The zero-order chi connectivity index (χ0) is 28.3. The lowest BCUT2D eigenvalue weighted by atomic mass is 10.0. The molecular weight excluding hydrogens is 506 g/mol. The highest BCUT2D eigenvalue weighted by molar-refractivity contribution is 5.90. The molecule has 0 unspecified atom stereocenters. The summed E-state index contributed by atoms with van der Waals surface area (Å²) in [5.41, 5.74) is 4.55. The Bertz CT molecular complexity index is 1280. The third-order valence-corrected chi connectivity index (χ3v) is 7.11. The van der Waals surface area contributed by atoms with Gasteiger partial charge in [-0.2, -0.15) is 0 Å². The van der Waals surface area contributed by atoms with Gasteiger partial charge in [-0.1, -0.05) is 72.8 Å². The van der Waals surface area contributed by atoms with Crippen LogP contribution in [-0.4, -0.2) is 78.7 Å². The first kappa shape index (κ1) is 29.0. The van der Waals surface area contributed by atoms with Crippen LogP contribution in [0, 0.1) is 0 Å². The number of hydrogen-bond acceptors (Lipinski definition) is 5. The highest BCUT2D eigenvalue weighted by atomic mass is 16.5. The molecule has 1 heterocycles. The molecule has 1 atom stereocenters. The smallest absolute Gasteiger partial charge is 0.336 e. The lowest BCUT2D eigenvalue weighted by Gasteiger charge is -2.31. The Labute approximate surface area is 236 Å². The molecule has 212 valence electrons. The molecule has 3 aromatic rings. The fraction of sp³-hybridized carbons (Fsp3) is 0.387. The van der Waals surface area contributed by atoms with Gasteiger partial charge in [0.15, 0.2) is 0 Å². The van der Waals surface area contributed by atoms with E-state index in [9.17, 15) is 14.4 Å². The fourth-order valence-corrected chi connectivity index (χ4v) is 4.83. The Morgan fingerprint density at radius 3 is 2.35 bits per heavy atom. The number of nitrogens with one attached hydrogen (secondary N) is 2. The number of carbonyl (C=O) groups is 3. The Morgan fingerprint density at radius 2 is 1.62 bits per heavy atom. The highest BCUT2D eigenvalue weighted by Crippen LogP contribution is 2.18. The average molecular weight is 546 g/mol. The maximum atomic E-state index is 13.8. The van der Waals surface area contributed by atoms with E-state index in [0.29, 0.717) is 13.3 Å². The first-order valence-electron chi connectivity index (χ1n) is 13.9. The van der Waals surface area contributed by atoms with Crippen molar-refractivity contribution in [3.8, 4) is 0 Å². The van der Waals surface area contributed by atoms with Crippen molar-refractivity contribution in [2.24, 2.45) is 0 Å². The van der Waals surface area contributed by atoms with Crippen molar-refractivity contribution in [2.75, 3.05) is 40.0 Å². The highest BCUT2D eigenvalue weighted by Gasteiger charge is 2.30. The summed E-state index contributed by atoms with van der Waals surface area (Å²) in [7, 11) is 1.61. The minimum absolute atomic E-state index is 0.126. The van der Waals surface area contributed by atoms with Crippen LogP contribution in [0.5, 0.6) is 0 Å². The maximum absolute atomic E-state index is 13.8. The van der Waals surface area contributed by atoms with E-state index in [2.05, 4.69) is 15.6 Å². The van der Waals surface area contributed by atoms with Crippen LogP contribution >= 0.6 is 0 Å². The lowest BCUT2D eigenvalue weighted by Crippen LogP contribution is -2.57. The van der Waals surface area contributed by atoms with E-state index in [0.717, 1.165) is 47.8 Å². The summed E-state index contributed by atoms with van der Waals surface area (Å²) in [6.45, 7) is 4.60. The van der Waals surface area contributed by atoms with Gasteiger partial charge in [0.2, 0.25) is 5.91 Å². The van der Waals surface area contributed by atoms with Gasteiger partial charge in [0.25, 0.3) is 5.91 Å². The topological polar surface area (TPSA) is 94.2 Å². The van der Waals surface area contributed by atoms with Crippen LogP contribution in [0.4, 0.5) is 4.79 Å². The summed E-state index contributed by atoms with van der Waals surface area (Å²) in [6, 6.07) is 22.2. The third kappa shape index (κ3) is 8.03. The lowest BCUT2D eigenvalue weighted by molar-refractivity contribution is -0.144. The molecule has 1 aliphatic rings. The van der Waals surface area contributed by atoms with Crippen molar-refractivity contribution >= 4 is 28.6 Å². The molecule has 0 spiro atoms. The summed E-state index contributed by atoms with van der Waals surface area (Å²) >= 11 is 0. The predicted octanol–water partition coefficient (Wildman–Crippen LogP) is 3.54. The molecular formula is C31H39N5O4. The Hall–Kier alpha value is -3.95. The van der Waals surface area contributed by atoms with E-state index in [-0.39, 0.29) is 25.5 Å². The van der Waals surface area contributed by atoms with Crippen LogP contribution in [0.3, 0.4) is 0 Å². The molecule has 0 saturated carbocycles. The predicted molar refractivity (Wildman–Crippen MR) is 155 cm³/mol. The Kier molecular flexibility index (Phi) is 10.5. The summed E-state index contributed by atoms with van der Waals surface area (Å²) in [5.74, 6) is -0.751. The van der Waals surface area contributed by atoms with Gasteiger partial charge in [-0.15, -0.1) is 0 Å². The second-order valence-electron chi connectivity index (χ2n) is 10.1. The van der Waals surface area contributed by atoms with Crippen LogP contribution < -0.4 is 10.7 Å². The number of fused-ring (bicyclic) bond motifs is 1. The molecule has 4 amide bonds. The number of likely N-dealkylation sites (tertiary alicyclic amines) is 1. The van der Waals surface area contributed by atoms with Gasteiger partial charge in [0.1, 0.15) is 12.6 Å². The first-order valence-corrected chi connectivity index (χ1v) is 13.9. The zero-order valence-electron chi connectivity index (χ0n) is 23.3. The first-order chi connectivity index (χ1) is 19.4. The van der Waals surface area contributed by atoms with E-state index < -0.39 is 18.0 Å². The number of nitrogens with zero attached hydrogens (tertiary/aromatic N) is 3. The summed E-state index contributed by atoms with van der Waals surface area (Å²) in [5, 5.41) is 6.16. The molecule has 1 fully saturated rings. The monoisotopic (exact) mass is 545 g/mol. The molecule has 9 nitrogen and oxygen atoms in total. The number of likely N-dealkylation sites (N-methyl/N-ethyl adjacent to an activating group) is 1. The summed E-state index contributed by atoms with van der Waals surface area (Å²) in [4.78, 5) is 43.4. The zero-order valence-corrected chi connectivity index (χ0v) is 23.3. The molecule has 0 aliphatic carbocycles. The normalized spacial score (nSPS) is 14.1. The van der Waals surface area contributed by atoms with Gasteiger partial charge >= 0.3 is 6.03 Å². The average Bonchev–Trinajstić information content (AvgIpc) is 3.49. The maximum Gasteiger partial charge on any atom is 0.336 e. The van der Waals surface area contributed by atoms with Crippen molar-refractivity contribution in [3.63, 3.8) is 0 Å². The van der Waals surface area contributed by atoms with Gasteiger partial charge < -0.3 is 15.0 Å². The van der Waals surface area contributed by atoms with Crippen molar-refractivity contribution in [1.82, 2.24) is 25.6 Å². The minimum Gasteiger partial charge on any atom is -0.356 e. The van der Waals surface area contributed by atoms with Crippen LogP contribution in [0.1, 0.15) is 30.9 Å². The van der Waals surface area contributed by atoms with Gasteiger partial charge in [0, 0.05) is 33.1 Å². The van der Waals surface area contributed by atoms with Crippen molar-refractivity contribution in [3.05, 3.63) is 83.9 Å². The third-order valence-electron chi connectivity index (χ3n) is 7.11. The number of urea groups is 1. The van der Waals surface area contributed by atoms with E-state index in [4.69, 9.17) is 4.74 Å². The van der Waals surface area contributed by atoms with Crippen molar-refractivity contribution in [1.29, 1.82) is 0 Å². The molecule has 4 rings (SSSR count). The van der Waals surface area contributed by atoms with E-state index >= 15 is 0 Å². The summed E-state index contributed by atoms with van der Waals surface area (Å²) in [6.07, 6.45) is 2.55. The molecule has 2 N–H and O–H groups in total. The number of hydrogen-bond donors (Lipinski definition) is 2. The molecule has 0 aromatic heterocycles. The molecule has 1 aliphatic heterocycles. The Balaban J connectivity index is 1.52. The number of amides is 4. The largest absolute Gasteiger partial charge is 0.356 e. The number of rotatable bonds is 11. The number of hydrazine groups is 1. The van der Waals surface area contributed by atoms with Crippen molar-refractivity contribution < 1.29 is 19.1 Å². The fourth-order valence-electron chi connectivity index (χ4n) is 4.83. The molecule has 0 radical (unpaired) electrons. The van der Waals surface area contributed by atoms with Crippen LogP contribution in [-0.2, 0) is 27.3 Å². The number of ether oxygens (including phenoxy) is 1. The molecule has 40 heavy (non-hydrogen) atoms. The number of benzene rings is 3. The quantitative estimate of drug-likeness (QED) is 0.360. The minimum atomic E-state index is -0.864. The van der Waals surface area contributed by atoms with E-state index in [1.165, 1.54) is 9.91 Å². The van der Waals surface area contributed by atoms with Crippen LogP contribution in [0.25, 0.3) is 10.8 Å². The standard InChI is InChI=1S/C31H39N5O4/c1-3-32-31(39)36(21-24-11-5-4-6-12-24)33-30(38)28(20-25-15-16-26-13-7-8-14-27(26)19-25)34(2)29(37)22-40-23-35-17-9-10-18-35/h4-8,11-16,19,28H,3,9-10,17-18,20-23H2,1-2H3,(H,32,39)(H,33,38)/t28-/m0/s1. The number of carbonyl (C=O) groups excluding carboxylic acids is 3. The van der Waals surface area contributed by atoms with Gasteiger partial charge in [-0.25, -0.2) is 9.80 Å². The van der Waals surface area contributed by atoms with Crippen LogP contribution in [0.2, 0.25) is 0 Å².